The molecule has 0 atom stereocenters. The lowest BCUT2D eigenvalue weighted by Crippen LogP contribution is -2.33. The number of amides is 3. The highest BCUT2D eigenvalue weighted by molar-refractivity contribution is 8.18. The van der Waals surface area contributed by atoms with E-state index >= 15 is 0 Å². The molecule has 3 amide bonds. The molecule has 1 aliphatic carbocycles. The molecule has 0 unspecified atom stereocenters. The van der Waals surface area contributed by atoms with Gasteiger partial charge in [-0.2, -0.15) is 0 Å². The van der Waals surface area contributed by atoms with E-state index in [1.54, 1.807) is 24.5 Å². The maximum Gasteiger partial charge on any atom is 0.290 e. The van der Waals surface area contributed by atoms with Gasteiger partial charge < -0.3 is 9.73 Å². The second kappa shape index (κ2) is 8.69. The molecule has 2 aromatic rings. The predicted octanol–water partition coefficient (Wildman–Crippen LogP) is 4.61. The molecule has 1 aromatic carbocycles. The fourth-order valence-corrected chi connectivity index (χ4v) is 4.38. The first-order chi connectivity index (χ1) is 14.1. The van der Waals surface area contributed by atoms with E-state index in [9.17, 15) is 14.4 Å². The molecule has 2 heterocycles. The Hall–Kier alpha value is -2.80. The topological polar surface area (TPSA) is 88.4 Å². The standard InChI is InChI=1S/C22H22N2O4S/c25-20(23-16-5-3-1-2-4-6-16)10-8-15-13-28-18-9-7-14(11-17(15)18)12-19-21(26)24-22(27)29-19/h7-13,16H,1-6H2,(H,23,25)(H,24,26,27)/b10-8+,19-12-. The van der Waals surface area contributed by atoms with Crippen LogP contribution in [0.2, 0.25) is 0 Å². The maximum absolute atomic E-state index is 12.3. The summed E-state index contributed by atoms with van der Waals surface area (Å²) in [7, 11) is 0. The molecule has 0 spiro atoms. The summed E-state index contributed by atoms with van der Waals surface area (Å²) in [5.41, 5.74) is 2.26. The molecule has 6 nitrogen and oxygen atoms in total. The van der Waals surface area contributed by atoms with Crippen molar-refractivity contribution < 1.29 is 18.8 Å². The van der Waals surface area contributed by atoms with Crippen molar-refractivity contribution in [2.24, 2.45) is 0 Å². The number of furan rings is 1. The van der Waals surface area contributed by atoms with Crippen LogP contribution in [0.15, 0.2) is 39.9 Å². The van der Waals surface area contributed by atoms with Gasteiger partial charge in [0.1, 0.15) is 5.58 Å². The Balaban J connectivity index is 1.49. The number of rotatable bonds is 4. The van der Waals surface area contributed by atoms with Crippen molar-refractivity contribution in [1.29, 1.82) is 0 Å². The molecule has 0 radical (unpaired) electrons. The molecule has 7 heteroatoms. The highest BCUT2D eigenvalue weighted by atomic mass is 32.2. The van der Waals surface area contributed by atoms with Gasteiger partial charge in [-0.3, -0.25) is 19.7 Å². The van der Waals surface area contributed by atoms with Crippen LogP contribution in [0.4, 0.5) is 4.79 Å². The van der Waals surface area contributed by atoms with Crippen LogP contribution in [-0.2, 0) is 9.59 Å². The molecular weight excluding hydrogens is 388 g/mol. The van der Waals surface area contributed by atoms with E-state index in [-0.39, 0.29) is 23.1 Å². The molecule has 2 fully saturated rings. The van der Waals surface area contributed by atoms with E-state index in [0.717, 1.165) is 41.1 Å². The van der Waals surface area contributed by atoms with Gasteiger partial charge in [-0.15, -0.1) is 0 Å². The summed E-state index contributed by atoms with van der Waals surface area (Å²) in [5, 5.41) is 5.81. The van der Waals surface area contributed by atoms with Crippen molar-refractivity contribution in [3.05, 3.63) is 46.6 Å². The first-order valence-corrected chi connectivity index (χ1v) is 10.6. The summed E-state index contributed by atoms with van der Waals surface area (Å²) in [4.78, 5) is 35.7. The summed E-state index contributed by atoms with van der Waals surface area (Å²) in [6.07, 6.45) is 13.5. The number of hydrogen-bond donors (Lipinski definition) is 2. The van der Waals surface area contributed by atoms with Crippen molar-refractivity contribution in [3.8, 4) is 0 Å². The number of carbonyl (C=O) groups is 3. The van der Waals surface area contributed by atoms with Crippen LogP contribution in [0, 0.1) is 0 Å². The van der Waals surface area contributed by atoms with Crippen LogP contribution in [0.1, 0.15) is 49.7 Å². The van der Waals surface area contributed by atoms with E-state index in [1.165, 1.54) is 25.7 Å². The van der Waals surface area contributed by atoms with E-state index in [2.05, 4.69) is 10.6 Å². The lowest BCUT2D eigenvalue weighted by Gasteiger charge is -2.14. The molecule has 1 saturated heterocycles. The number of hydrogen-bond acceptors (Lipinski definition) is 5. The minimum Gasteiger partial charge on any atom is -0.464 e. The zero-order valence-corrected chi connectivity index (χ0v) is 16.7. The summed E-state index contributed by atoms with van der Waals surface area (Å²) >= 11 is 0.883. The van der Waals surface area contributed by atoms with E-state index < -0.39 is 0 Å². The van der Waals surface area contributed by atoms with Gasteiger partial charge in [0.15, 0.2) is 0 Å². The summed E-state index contributed by atoms with van der Waals surface area (Å²) in [5.74, 6) is -0.482. The average Bonchev–Trinajstić information content (AvgIpc) is 3.12. The first-order valence-electron chi connectivity index (χ1n) is 9.83. The normalized spacial score (nSPS) is 19.8. The Labute approximate surface area is 172 Å². The Morgan fingerprint density at radius 3 is 2.69 bits per heavy atom. The van der Waals surface area contributed by atoms with Crippen molar-refractivity contribution >= 4 is 51.9 Å². The highest BCUT2D eigenvalue weighted by Crippen LogP contribution is 2.28. The third-order valence-corrected chi connectivity index (χ3v) is 5.99. The fourth-order valence-electron chi connectivity index (χ4n) is 3.70. The third kappa shape index (κ3) is 4.79. The van der Waals surface area contributed by atoms with Gasteiger partial charge in [0.05, 0.1) is 11.2 Å². The molecule has 150 valence electrons. The van der Waals surface area contributed by atoms with Crippen LogP contribution < -0.4 is 10.6 Å². The lowest BCUT2D eigenvalue weighted by molar-refractivity contribution is -0.117. The van der Waals surface area contributed by atoms with Gasteiger partial charge in [0, 0.05) is 23.1 Å². The number of imide groups is 1. The highest BCUT2D eigenvalue weighted by Gasteiger charge is 2.25. The maximum atomic E-state index is 12.3. The summed E-state index contributed by atoms with van der Waals surface area (Å²) in [6.45, 7) is 0. The van der Waals surface area contributed by atoms with Crippen molar-refractivity contribution in [2.45, 2.75) is 44.6 Å². The number of nitrogens with one attached hydrogen (secondary N) is 2. The van der Waals surface area contributed by atoms with Gasteiger partial charge in [0.25, 0.3) is 11.1 Å². The third-order valence-electron chi connectivity index (χ3n) is 5.18. The minimum absolute atomic E-state index is 0.0953. The van der Waals surface area contributed by atoms with Gasteiger partial charge in [0.2, 0.25) is 5.91 Å². The van der Waals surface area contributed by atoms with Crippen molar-refractivity contribution in [3.63, 3.8) is 0 Å². The fraction of sp³-hybridized carbons (Fsp3) is 0.318. The molecule has 2 aliphatic rings. The van der Waals surface area contributed by atoms with Gasteiger partial charge in [-0.05, 0) is 54.5 Å². The quantitative estimate of drug-likeness (QED) is 0.568. The van der Waals surface area contributed by atoms with E-state index in [0.29, 0.717) is 10.5 Å². The van der Waals surface area contributed by atoms with E-state index in [1.807, 2.05) is 18.2 Å². The average molecular weight is 410 g/mol. The van der Waals surface area contributed by atoms with Crippen molar-refractivity contribution in [2.75, 3.05) is 0 Å². The predicted molar refractivity (Wildman–Crippen MR) is 114 cm³/mol. The Bertz CT molecular complexity index is 1010. The largest absolute Gasteiger partial charge is 0.464 e. The second-order valence-electron chi connectivity index (χ2n) is 7.33. The number of benzene rings is 1. The molecule has 1 saturated carbocycles. The SMILES string of the molecule is O=C(/C=C/c1coc2ccc(/C=C3\SC(=O)NC3=O)cc12)NC1CCCCCC1. The van der Waals surface area contributed by atoms with Gasteiger partial charge >= 0.3 is 0 Å². The number of fused-ring (bicyclic) bond motifs is 1. The van der Waals surface area contributed by atoms with E-state index in [4.69, 9.17) is 4.42 Å². The second-order valence-corrected chi connectivity index (χ2v) is 8.34. The first kappa shape index (κ1) is 19.5. The zero-order chi connectivity index (χ0) is 20.2. The molecule has 1 aliphatic heterocycles. The summed E-state index contributed by atoms with van der Waals surface area (Å²) in [6, 6.07) is 5.77. The summed E-state index contributed by atoms with van der Waals surface area (Å²) < 4.78 is 5.57. The van der Waals surface area contributed by atoms with Crippen LogP contribution in [0.5, 0.6) is 0 Å². The number of carbonyl (C=O) groups excluding carboxylic acids is 3. The molecule has 2 N–H and O–H groups in total. The monoisotopic (exact) mass is 410 g/mol. The van der Waals surface area contributed by atoms with Crippen LogP contribution in [0.25, 0.3) is 23.1 Å². The van der Waals surface area contributed by atoms with Crippen LogP contribution in [0.3, 0.4) is 0 Å². The Morgan fingerprint density at radius 2 is 1.97 bits per heavy atom. The minimum atomic E-state index is -0.386. The zero-order valence-electron chi connectivity index (χ0n) is 15.9. The van der Waals surface area contributed by atoms with Gasteiger partial charge in [-0.1, -0.05) is 31.7 Å². The number of thioether (sulfide) groups is 1. The lowest BCUT2D eigenvalue weighted by atomic mass is 10.1. The molecular formula is C22H22N2O4S. The Morgan fingerprint density at radius 1 is 1.17 bits per heavy atom. The van der Waals surface area contributed by atoms with Crippen LogP contribution in [-0.4, -0.2) is 23.1 Å². The molecule has 0 bridgehead atoms. The Kier molecular flexibility index (Phi) is 5.85. The molecule has 29 heavy (non-hydrogen) atoms. The molecule has 4 rings (SSSR count). The molecule has 1 aromatic heterocycles. The van der Waals surface area contributed by atoms with Crippen LogP contribution >= 0.6 is 11.8 Å². The van der Waals surface area contributed by atoms with Crippen molar-refractivity contribution in [1.82, 2.24) is 10.6 Å². The van der Waals surface area contributed by atoms with Gasteiger partial charge in [-0.25, -0.2) is 0 Å². The smallest absolute Gasteiger partial charge is 0.290 e.